The van der Waals surface area contributed by atoms with E-state index in [1.807, 2.05) is 0 Å². The van der Waals surface area contributed by atoms with Gasteiger partial charge in [-0.25, -0.2) is 9.78 Å². The molecule has 0 saturated carbocycles. The molecule has 94 valence electrons. The molecular weight excluding hydrogens is 232 g/mol. The number of aromatic nitrogens is 3. The fraction of sp³-hybridized carbons (Fsp3) is 0.625. The topological polar surface area (TPSA) is 144 Å². The van der Waals surface area contributed by atoms with Gasteiger partial charge in [0, 0.05) is 0 Å². The van der Waals surface area contributed by atoms with Crippen LogP contribution in [-0.4, -0.2) is 54.8 Å². The second kappa shape index (κ2) is 4.37. The van der Waals surface area contributed by atoms with Crippen molar-refractivity contribution >= 4 is 5.95 Å². The Hall–Kier alpha value is -1.55. The van der Waals surface area contributed by atoms with Crippen LogP contribution in [0, 0.1) is 0 Å². The number of hydrogen-bond donors (Lipinski definition) is 4. The Balaban J connectivity index is 2.55. The van der Waals surface area contributed by atoms with Crippen molar-refractivity contribution in [1.82, 2.24) is 14.5 Å². The van der Waals surface area contributed by atoms with E-state index >= 15 is 0 Å². The first-order valence-electron chi connectivity index (χ1n) is 5.69. The van der Waals surface area contributed by atoms with E-state index in [9.17, 15) is 15.0 Å². The normalized spacial score (nSPS) is 38.9. The maximum absolute atomic E-state index is 11.7. The molecule has 0 spiro atoms. The SMILES string of the molecule is [2H]c1nc(N)nc(=O)n1[C@]1([2H])O[C@H](CO)[C@H](O)C1O. The monoisotopic (exact) mass is 246 g/mol. The lowest BCUT2D eigenvalue weighted by Crippen LogP contribution is -2.36. The van der Waals surface area contributed by atoms with Crippen LogP contribution in [0.5, 0.6) is 0 Å². The summed E-state index contributed by atoms with van der Waals surface area (Å²) in [7, 11) is 0. The third kappa shape index (κ3) is 2.00. The van der Waals surface area contributed by atoms with Gasteiger partial charge in [0.25, 0.3) is 0 Å². The number of anilines is 1. The highest BCUT2D eigenvalue weighted by molar-refractivity contribution is 5.10. The van der Waals surface area contributed by atoms with Crippen LogP contribution in [0.15, 0.2) is 11.1 Å². The lowest BCUT2D eigenvalue weighted by atomic mass is 10.1. The zero-order valence-electron chi connectivity index (χ0n) is 10.5. The fourth-order valence-corrected chi connectivity index (χ4v) is 1.43. The highest BCUT2D eigenvalue weighted by Crippen LogP contribution is 2.27. The molecule has 4 atom stereocenters. The number of aliphatic hydroxyl groups excluding tert-OH is 3. The van der Waals surface area contributed by atoms with Crippen LogP contribution in [0.2, 0.25) is 0 Å². The van der Waals surface area contributed by atoms with Crippen LogP contribution in [0.4, 0.5) is 5.95 Å². The molecule has 1 saturated heterocycles. The first kappa shape index (κ1) is 9.48. The summed E-state index contributed by atoms with van der Waals surface area (Å²) in [5, 5.41) is 28.3. The Bertz CT molecular complexity index is 554. The van der Waals surface area contributed by atoms with E-state index in [2.05, 4.69) is 9.97 Å². The van der Waals surface area contributed by atoms with Gasteiger partial charge in [-0.15, -0.1) is 0 Å². The van der Waals surface area contributed by atoms with E-state index < -0.39 is 49.1 Å². The minimum Gasteiger partial charge on any atom is -0.394 e. The van der Waals surface area contributed by atoms with Gasteiger partial charge in [-0.1, -0.05) is 0 Å². The van der Waals surface area contributed by atoms with Crippen LogP contribution in [-0.2, 0) is 4.74 Å². The summed E-state index contributed by atoms with van der Waals surface area (Å²) in [6.45, 7) is -0.670. The van der Waals surface area contributed by atoms with E-state index in [0.717, 1.165) is 0 Å². The molecule has 1 aliphatic rings. The molecule has 2 heterocycles. The summed E-state index contributed by atoms with van der Waals surface area (Å²) in [4.78, 5) is 18.3. The van der Waals surface area contributed by atoms with E-state index in [4.69, 9.17) is 18.3 Å². The average molecular weight is 246 g/mol. The van der Waals surface area contributed by atoms with Crippen LogP contribution in [0.25, 0.3) is 0 Å². The number of nitrogens with two attached hydrogens (primary N) is 1. The van der Waals surface area contributed by atoms with Crippen LogP contribution >= 0.6 is 0 Å². The average Bonchev–Trinajstić information content (AvgIpc) is 2.53. The highest BCUT2D eigenvalue weighted by Gasteiger charge is 2.43. The molecule has 1 fully saturated rings. The molecule has 1 unspecified atom stereocenters. The van der Waals surface area contributed by atoms with Crippen molar-refractivity contribution < 1.29 is 22.8 Å². The van der Waals surface area contributed by atoms with Gasteiger partial charge in [0.05, 0.1) is 7.98 Å². The van der Waals surface area contributed by atoms with Crippen molar-refractivity contribution in [3.63, 3.8) is 0 Å². The number of nitrogen functional groups attached to an aromatic ring is 1. The molecule has 0 bridgehead atoms. The zero-order chi connectivity index (χ0) is 14.4. The molecule has 0 aromatic carbocycles. The van der Waals surface area contributed by atoms with Gasteiger partial charge >= 0.3 is 5.69 Å². The third-order valence-electron chi connectivity index (χ3n) is 2.30. The Morgan fingerprint density at radius 2 is 2.35 bits per heavy atom. The van der Waals surface area contributed by atoms with E-state index in [0.29, 0.717) is 4.57 Å². The Labute approximate surface area is 97.9 Å². The lowest BCUT2D eigenvalue weighted by molar-refractivity contribution is -0.0554. The second-order valence-electron chi connectivity index (χ2n) is 3.41. The molecule has 17 heavy (non-hydrogen) atoms. The van der Waals surface area contributed by atoms with Crippen molar-refractivity contribution in [2.24, 2.45) is 0 Å². The van der Waals surface area contributed by atoms with Gasteiger partial charge in [-0.2, -0.15) is 4.98 Å². The molecular formula is C8H12N4O5. The summed E-state index contributed by atoms with van der Waals surface area (Å²) < 4.78 is 20.7. The predicted molar refractivity (Wildman–Crippen MR) is 53.7 cm³/mol. The largest absolute Gasteiger partial charge is 0.394 e. The number of hydrogen-bond acceptors (Lipinski definition) is 8. The maximum atomic E-state index is 11.7. The molecule has 5 N–H and O–H groups in total. The molecule has 2 rings (SSSR count). The van der Waals surface area contributed by atoms with Crippen LogP contribution < -0.4 is 11.4 Å². The highest BCUT2D eigenvalue weighted by atomic mass is 16.6. The van der Waals surface area contributed by atoms with Crippen LogP contribution in [0.1, 0.15) is 8.95 Å². The first-order valence-corrected chi connectivity index (χ1v) is 4.69. The summed E-state index contributed by atoms with van der Waals surface area (Å²) in [5.74, 6) is -0.457. The standard InChI is InChI=1S/C8H12N4O5/c9-7-10-2-12(8(16)11-7)6-5(15)4(14)3(1-13)17-6/h2-6,13-15H,1H2,(H2,9,11,16)/t3-,4+,5?,6-/m1/s1/i2D,6D. The maximum Gasteiger partial charge on any atom is 0.354 e. The molecule has 1 aromatic rings. The van der Waals surface area contributed by atoms with Gasteiger partial charge in [0.15, 0.2) is 6.20 Å². The van der Waals surface area contributed by atoms with Gasteiger partial charge in [0.2, 0.25) is 5.95 Å². The van der Waals surface area contributed by atoms with Crippen molar-refractivity contribution in [1.29, 1.82) is 0 Å². The zero-order valence-corrected chi connectivity index (χ0v) is 8.52. The minimum absolute atomic E-state index is 0.340. The summed E-state index contributed by atoms with van der Waals surface area (Å²) in [5.41, 5.74) is 4.05. The molecule has 0 aliphatic carbocycles. The Morgan fingerprint density at radius 1 is 1.65 bits per heavy atom. The summed E-state index contributed by atoms with van der Waals surface area (Å²) in [6, 6.07) is 0. The number of nitrogens with zero attached hydrogens (tertiary/aromatic N) is 3. The van der Waals surface area contributed by atoms with Crippen molar-refractivity contribution in [3.05, 3.63) is 16.8 Å². The summed E-state index contributed by atoms with van der Waals surface area (Å²) >= 11 is 0. The lowest BCUT2D eigenvalue weighted by Gasteiger charge is -2.16. The number of aliphatic hydroxyl groups is 3. The van der Waals surface area contributed by atoms with Gasteiger partial charge in [0.1, 0.15) is 26.0 Å². The molecule has 0 amide bonds. The van der Waals surface area contributed by atoms with Crippen molar-refractivity contribution in [2.75, 3.05) is 12.3 Å². The van der Waals surface area contributed by atoms with Crippen LogP contribution in [0.3, 0.4) is 0 Å². The Morgan fingerprint density at radius 3 is 2.88 bits per heavy atom. The Kier molecular flexibility index (Phi) is 2.44. The summed E-state index contributed by atoms with van der Waals surface area (Å²) in [6.07, 6.45) is -7.98. The minimum atomic E-state index is -2.51. The fourth-order valence-electron chi connectivity index (χ4n) is 1.43. The number of ether oxygens (including phenoxy) is 1. The molecule has 1 aromatic heterocycles. The molecule has 0 radical (unpaired) electrons. The predicted octanol–water partition coefficient (Wildman–Crippen LogP) is -3.17. The van der Waals surface area contributed by atoms with Crippen molar-refractivity contribution in [2.45, 2.75) is 24.5 Å². The van der Waals surface area contributed by atoms with E-state index in [1.54, 1.807) is 0 Å². The molecule has 9 nitrogen and oxygen atoms in total. The smallest absolute Gasteiger partial charge is 0.354 e. The number of rotatable bonds is 2. The van der Waals surface area contributed by atoms with E-state index in [1.165, 1.54) is 0 Å². The van der Waals surface area contributed by atoms with Gasteiger partial charge in [-0.3, -0.25) is 4.57 Å². The molecule has 1 aliphatic heterocycles. The van der Waals surface area contributed by atoms with Gasteiger partial charge < -0.3 is 25.8 Å². The third-order valence-corrected chi connectivity index (χ3v) is 2.30. The quantitative estimate of drug-likeness (QED) is 0.428. The van der Waals surface area contributed by atoms with Crippen molar-refractivity contribution in [3.8, 4) is 0 Å². The molecule has 9 heteroatoms. The second-order valence-corrected chi connectivity index (χ2v) is 3.41. The van der Waals surface area contributed by atoms with Gasteiger partial charge in [-0.05, 0) is 0 Å². The first-order chi connectivity index (χ1) is 8.81. The van der Waals surface area contributed by atoms with E-state index in [-0.39, 0.29) is 0 Å².